The zero-order valence-corrected chi connectivity index (χ0v) is 13.9. The molecule has 1 heterocycles. The van der Waals surface area contributed by atoms with E-state index in [0.29, 0.717) is 18.0 Å². The van der Waals surface area contributed by atoms with Crippen LogP contribution in [0.25, 0.3) is 0 Å². The van der Waals surface area contributed by atoms with Gasteiger partial charge in [0.1, 0.15) is 0 Å². The van der Waals surface area contributed by atoms with Crippen LogP contribution < -0.4 is 5.73 Å². The Hall–Kier alpha value is -1.21. The third-order valence-electron chi connectivity index (χ3n) is 3.56. The van der Waals surface area contributed by atoms with Gasteiger partial charge in [0.15, 0.2) is 0 Å². The van der Waals surface area contributed by atoms with E-state index in [-0.39, 0.29) is 0 Å². The first-order valence-corrected chi connectivity index (χ1v) is 9.06. The fourth-order valence-corrected chi connectivity index (χ4v) is 4.31. The lowest BCUT2D eigenvalue weighted by atomic mass is 10.1. The number of nitrogens with two attached hydrogens (primary N) is 1. The van der Waals surface area contributed by atoms with Gasteiger partial charge in [0.25, 0.3) is 0 Å². The van der Waals surface area contributed by atoms with Crippen molar-refractivity contribution >= 4 is 21.4 Å². The number of hydrogen-bond acceptors (Lipinski definition) is 4. The number of thiophene rings is 1. The highest BCUT2D eigenvalue weighted by Crippen LogP contribution is 2.22. The van der Waals surface area contributed by atoms with Crippen LogP contribution in [0.1, 0.15) is 16.0 Å². The van der Waals surface area contributed by atoms with Gasteiger partial charge in [-0.15, -0.1) is 11.3 Å². The maximum Gasteiger partial charge on any atom is 0.243 e. The summed E-state index contributed by atoms with van der Waals surface area (Å²) < 4.78 is 26.8. The minimum Gasteiger partial charge on any atom is -0.326 e. The van der Waals surface area contributed by atoms with Crippen molar-refractivity contribution in [3.05, 3.63) is 51.7 Å². The van der Waals surface area contributed by atoms with E-state index >= 15 is 0 Å². The number of sulfonamides is 1. The van der Waals surface area contributed by atoms with Gasteiger partial charge in [0.2, 0.25) is 10.0 Å². The molecule has 0 aliphatic heterocycles. The Morgan fingerprint density at radius 2 is 2.00 bits per heavy atom. The second kappa shape index (κ2) is 6.70. The predicted octanol–water partition coefficient (Wildman–Crippen LogP) is 2.38. The molecule has 1 aromatic heterocycles. The summed E-state index contributed by atoms with van der Waals surface area (Å²) >= 11 is 1.64. The zero-order valence-electron chi connectivity index (χ0n) is 12.2. The van der Waals surface area contributed by atoms with Crippen molar-refractivity contribution in [1.29, 1.82) is 0 Å². The SMILES string of the molecule is Cc1c(CN)cccc1S(=O)(=O)N(C)CCc1cccs1. The van der Waals surface area contributed by atoms with Gasteiger partial charge < -0.3 is 5.73 Å². The molecule has 0 aliphatic rings. The molecule has 1 aromatic carbocycles. The minimum absolute atomic E-state index is 0.341. The Bertz CT molecular complexity index is 694. The van der Waals surface area contributed by atoms with E-state index in [1.165, 1.54) is 9.18 Å². The highest BCUT2D eigenvalue weighted by molar-refractivity contribution is 7.89. The van der Waals surface area contributed by atoms with Gasteiger partial charge in [0.05, 0.1) is 4.90 Å². The molecule has 0 fully saturated rings. The number of likely N-dealkylation sites (N-methyl/N-ethyl adjacent to an activating group) is 1. The maximum atomic E-state index is 12.7. The van der Waals surface area contributed by atoms with Crippen LogP contribution in [-0.4, -0.2) is 26.3 Å². The molecule has 2 aromatic rings. The molecule has 0 spiro atoms. The van der Waals surface area contributed by atoms with E-state index < -0.39 is 10.0 Å². The third-order valence-corrected chi connectivity index (χ3v) is 6.50. The molecule has 0 unspecified atom stereocenters. The molecule has 4 nitrogen and oxygen atoms in total. The smallest absolute Gasteiger partial charge is 0.243 e. The Morgan fingerprint density at radius 1 is 1.24 bits per heavy atom. The van der Waals surface area contributed by atoms with Crippen molar-refractivity contribution in [3.8, 4) is 0 Å². The Morgan fingerprint density at radius 3 is 2.62 bits per heavy atom. The summed E-state index contributed by atoms with van der Waals surface area (Å²) in [5.74, 6) is 0. The van der Waals surface area contributed by atoms with Crippen LogP contribution in [0.4, 0.5) is 0 Å². The summed E-state index contributed by atoms with van der Waals surface area (Å²) in [7, 11) is -1.85. The molecule has 2 rings (SSSR count). The van der Waals surface area contributed by atoms with Crippen molar-refractivity contribution in [2.24, 2.45) is 5.73 Å². The first kappa shape index (κ1) is 16.2. The molecule has 114 valence electrons. The van der Waals surface area contributed by atoms with Crippen LogP contribution in [0, 0.1) is 6.92 Å². The molecule has 6 heteroatoms. The lowest BCUT2D eigenvalue weighted by Crippen LogP contribution is -2.29. The Kier molecular flexibility index (Phi) is 5.16. The van der Waals surface area contributed by atoms with Gasteiger partial charge in [-0.2, -0.15) is 0 Å². The lowest BCUT2D eigenvalue weighted by Gasteiger charge is -2.19. The van der Waals surface area contributed by atoms with Crippen molar-refractivity contribution in [1.82, 2.24) is 4.31 Å². The number of hydrogen-bond donors (Lipinski definition) is 1. The van der Waals surface area contributed by atoms with Gasteiger partial charge in [-0.3, -0.25) is 0 Å². The third kappa shape index (κ3) is 3.52. The maximum absolute atomic E-state index is 12.7. The van der Waals surface area contributed by atoms with Crippen LogP contribution in [0.2, 0.25) is 0 Å². The number of benzene rings is 1. The molecule has 0 amide bonds. The standard InChI is InChI=1S/C15H20N2O2S2/c1-12-13(11-16)5-3-7-15(12)21(18,19)17(2)9-8-14-6-4-10-20-14/h3-7,10H,8-9,11,16H2,1-2H3. The average molecular weight is 324 g/mol. The van der Waals surface area contributed by atoms with E-state index in [0.717, 1.165) is 17.5 Å². The van der Waals surface area contributed by atoms with Crippen LogP contribution in [0.15, 0.2) is 40.6 Å². The predicted molar refractivity (Wildman–Crippen MR) is 86.9 cm³/mol. The second-order valence-electron chi connectivity index (χ2n) is 4.90. The molecule has 0 saturated carbocycles. The molecular formula is C15H20N2O2S2. The first-order chi connectivity index (χ1) is 9.96. The Labute approximate surface area is 130 Å². The first-order valence-electron chi connectivity index (χ1n) is 6.74. The summed E-state index contributed by atoms with van der Waals surface area (Å²) in [5.41, 5.74) is 7.26. The number of nitrogens with zero attached hydrogens (tertiary/aromatic N) is 1. The molecule has 21 heavy (non-hydrogen) atoms. The van der Waals surface area contributed by atoms with Crippen LogP contribution in [0.3, 0.4) is 0 Å². The largest absolute Gasteiger partial charge is 0.326 e. The van der Waals surface area contributed by atoms with E-state index in [1.54, 1.807) is 30.5 Å². The minimum atomic E-state index is -3.47. The second-order valence-corrected chi connectivity index (χ2v) is 7.95. The van der Waals surface area contributed by atoms with Crippen LogP contribution in [-0.2, 0) is 23.0 Å². The van der Waals surface area contributed by atoms with E-state index in [2.05, 4.69) is 0 Å². The zero-order chi connectivity index (χ0) is 15.5. The van der Waals surface area contributed by atoms with Gasteiger partial charge in [-0.25, -0.2) is 12.7 Å². The molecule has 0 atom stereocenters. The lowest BCUT2D eigenvalue weighted by molar-refractivity contribution is 0.473. The summed E-state index contributed by atoms with van der Waals surface area (Å²) in [6.45, 7) is 2.62. The number of rotatable bonds is 6. The van der Waals surface area contributed by atoms with Crippen LogP contribution in [0.5, 0.6) is 0 Å². The van der Waals surface area contributed by atoms with Crippen molar-refractivity contribution in [2.75, 3.05) is 13.6 Å². The van der Waals surface area contributed by atoms with E-state index in [9.17, 15) is 8.42 Å². The monoisotopic (exact) mass is 324 g/mol. The quantitative estimate of drug-likeness (QED) is 0.887. The van der Waals surface area contributed by atoms with Crippen LogP contribution >= 0.6 is 11.3 Å². The molecule has 0 aliphatic carbocycles. The Balaban J connectivity index is 2.21. The van der Waals surface area contributed by atoms with E-state index in [1.807, 2.05) is 30.5 Å². The highest BCUT2D eigenvalue weighted by Gasteiger charge is 2.23. The van der Waals surface area contributed by atoms with Crippen molar-refractivity contribution < 1.29 is 8.42 Å². The summed E-state index contributed by atoms with van der Waals surface area (Å²) in [4.78, 5) is 1.53. The highest BCUT2D eigenvalue weighted by atomic mass is 32.2. The van der Waals surface area contributed by atoms with Crippen molar-refractivity contribution in [2.45, 2.75) is 24.8 Å². The average Bonchev–Trinajstić information content (AvgIpc) is 2.98. The summed E-state index contributed by atoms with van der Waals surface area (Å²) in [5, 5.41) is 2.00. The normalized spacial score (nSPS) is 12.0. The molecule has 0 radical (unpaired) electrons. The molecular weight excluding hydrogens is 304 g/mol. The summed E-state index contributed by atoms with van der Waals surface area (Å²) in [6, 6.07) is 9.25. The summed E-state index contributed by atoms with van der Waals surface area (Å²) in [6.07, 6.45) is 0.725. The van der Waals surface area contributed by atoms with Gasteiger partial charge in [0, 0.05) is 25.0 Å². The topological polar surface area (TPSA) is 63.4 Å². The fraction of sp³-hybridized carbons (Fsp3) is 0.333. The van der Waals surface area contributed by atoms with Gasteiger partial charge >= 0.3 is 0 Å². The van der Waals surface area contributed by atoms with Crippen molar-refractivity contribution in [3.63, 3.8) is 0 Å². The van der Waals surface area contributed by atoms with E-state index in [4.69, 9.17) is 5.73 Å². The van der Waals surface area contributed by atoms with Gasteiger partial charge in [-0.1, -0.05) is 18.2 Å². The fourth-order valence-electron chi connectivity index (χ4n) is 2.17. The molecule has 0 bridgehead atoms. The van der Waals surface area contributed by atoms with Gasteiger partial charge in [-0.05, 0) is 42.0 Å². The molecule has 0 saturated heterocycles. The molecule has 2 N–H and O–H groups in total.